The van der Waals surface area contributed by atoms with Gasteiger partial charge in [0.1, 0.15) is 6.04 Å². The van der Waals surface area contributed by atoms with Crippen LogP contribution in [0.3, 0.4) is 0 Å². The molecule has 3 aliphatic heterocycles. The molecule has 1 N–H and O–H groups in total. The van der Waals surface area contributed by atoms with Crippen LogP contribution in [0.15, 0.2) is 47.4 Å². The minimum absolute atomic E-state index is 0.0629. The molecule has 0 aromatic heterocycles. The maximum atomic E-state index is 13.7. The Morgan fingerprint density at radius 1 is 0.968 bits per heavy atom. The molecule has 5 rings (SSSR count). The summed E-state index contributed by atoms with van der Waals surface area (Å²) in [6.07, 6.45) is 3.13. The third-order valence-electron chi connectivity index (χ3n) is 6.49. The number of fused-ring (bicyclic) bond motifs is 2. The van der Waals surface area contributed by atoms with Gasteiger partial charge in [-0.25, -0.2) is 8.42 Å². The monoisotopic (exact) mass is 439 g/mol. The smallest absolute Gasteiger partial charge is 0.244 e. The zero-order chi connectivity index (χ0) is 21.6. The number of benzene rings is 2. The zero-order valence-corrected chi connectivity index (χ0v) is 18.0. The number of carbonyl (C=O) groups excluding carboxylic acids is 2. The van der Waals surface area contributed by atoms with Crippen LogP contribution in [0.5, 0.6) is 0 Å². The second-order valence-corrected chi connectivity index (χ2v) is 10.3. The van der Waals surface area contributed by atoms with E-state index in [1.54, 1.807) is 17.0 Å². The molecule has 8 heteroatoms. The number of nitrogens with one attached hydrogen (secondary N) is 1. The summed E-state index contributed by atoms with van der Waals surface area (Å²) in [5, 5.41) is 2.79. The van der Waals surface area contributed by atoms with E-state index in [0.29, 0.717) is 38.0 Å². The molecular formula is C23H25N3O4S. The van der Waals surface area contributed by atoms with Gasteiger partial charge in [-0.15, -0.1) is 0 Å². The summed E-state index contributed by atoms with van der Waals surface area (Å²) >= 11 is 0. The number of amides is 2. The highest BCUT2D eigenvalue weighted by atomic mass is 32.2. The van der Waals surface area contributed by atoms with Gasteiger partial charge in [0.2, 0.25) is 21.8 Å². The van der Waals surface area contributed by atoms with Gasteiger partial charge in [0.05, 0.1) is 4.90 Å². The number of hydrogen-bond donors (Lipinski definition) is 1. The Labute approximate surface area is 182 Å². The molecule has 3 aliphatic rings. The summed E-state index contributed by atoms with van der Waals surface area (Å²) in [6.45, 7) is 1.55. The minimum atomic E-state index is -3.90. The van der Waals surface area contributed by atoms with E-state index in [0.717, 1.165) is 29.5 Å². The number of anilines is 1. The van der Waals surface area contributed by atoms with Crippen molar-refractivity contribution < 1.29 is 18.0 Å². The molecule has 1 atom stereocenters. The van der Waals surface area contributed by atoms with Crippen LogP contribution >= 0.6 is 0 Å². The molecule has 0 radical (unpaired) electrons. The van der Waals surface area contributed by atoms with Crippen molar-refractivity contribution in [2.75, 3.05) is 18.4 Å². The van der Waals surface area contributed by atoms with E-state index < -0.39 is 16.1 Å². The number of hydrogen-bond acceptors (Lipinski definition) is 4. The largest absolute Gasteiger partial charge is 0.341 e. The van der Waals surface area contributed by atoms with Gasteiger partial charge < -0.3 is 10.2 Å². The van der Waals surface area contributed by atoms with Gasteiger partial charge in [-0.2, -0.15) is 4.31 Å². The maximum Gasteiger partial charge on any atom is 0.244 e. The first-order valence-corrected chi connectivity index (χ1v) is 12.2. The molecule has 3 heterocycles. The van der Waals surface area contributed by atoms with E-state index in [1.165, 1.54) is 10.4 Å². The Kier molecular flexibility index (Phi) is 5.06. The molecule has 2 aromatic carbocycles. The highest BCUT2D eigenvalue weighted by molar-refractivity contribution is 7.89. The van der Waals surface area contributed by atoms with E-state index in [4.69, 9.17) is 0 Å². The number of carbonyl (C=O) groups is 2. The van der Waals surface area contributed by atoms with Gasteiger partial charge >= 0.3 is 0 Å². The molecule has 1 unspecified atom stereocenters. The van der Waals surface area contributed by atoms with E-state index in [9.17, 15) is 18.0 Å². The average molecular weight is 440 g/mol. The van der Waals surface area contributed by atoms with Crippen LogP contribution in [0.25, 0.3) is 0 Å². The molecule has 2 amide bonds. The fraction of sp³-hybridized carbons (Fsp3) is 0.391. The van der Waals surface area contributed by atoms with Crippen LogP contribution in [-0.2, 0) is 39.0 Å². The summed E-state index contributed by atoms with van der Waals surface area (Å²) in [4.78, 5) is 26.9. The molecule has 162 valence electrons. The van der Waals surface area contributed by atoms with Gasteiger partial charge in [-0.1, -0.05) is 24.3 Å². The zero-order valence-electron chi connectivity index (χ0n) is 17.2. The molecule has 0 saturated carbocycles. The van der Waals surface area contributed by atoms with Gasteiger partial charge in [0.25, 0.3) is 0 Å². The van der Waals surface area contributed by atoms with Crippen molar-refractivity contribution in [3.05, 3.63) is 59.2 Å². The molecule has 1 fully saturated rings. The van der Waals surface area contributed by atoms with Crippen LogP contribution in [0.2, 0.25) is 0 Å². The number of sulfonamides is 1. The van der Waals surface area contributed by atoms with Crippen molar-refractivity contribution >= 4 is 27.5 Å². The fourth-order valence-corrected chi connectivity index (χ4v) is 6.38. The van der Waals surface area contributed by atoms with E-state index in [-0.39, 0.29) is 23.3 Å². The quantitative estimate of drug-likeness (QED) is 0.795. The van der Waals surface area contributed by atoms with Crippen LogP contribution < -0.4 is 5.32 Å². The van der Waals surface area contributed by atoms with Crippen molar-refractivity contribution in [1.29, 1.82) is 0 Å². The van der Waals surface area contributed by atoms with Crippen molar-refractivity contribution in [3.63, 3.8) is 0 Å². The topological polar surface area (TPSA) is 86.8 Å². The summed E-state index contributed by atoms with van der Waals surface area (Å²) < 4.78 is 28.9. The SMILES string of the molecule is O=C1CCc2cc(S(=O)(=O)N3Cc4ccccc4CC3C(=O)N3CCCC3)ccc2N1. The van der Waals surface area contributed by atoms with Crippen LogP contribution in [0, 0.1) is 0 Å². The number of rotatable bonds is 3. The van der Waals surface area contributed by atoms with E-state index in [1.807, 2.05) is 24.3 Å². The summed E-state index contributed by atoms with van der Waals surface area (Å²) in [7, 11) is -3.90. The minimum Gasteiger partial charge on any atom is -0.341 e. The molecule has 31 heavy (non-hydrogen) atoms. The van der Waals surface area contributed by atoms with Crippen molar-refractivity contribution in [3.8, 4) is 0 Å². The predicted molar refractivity (Wildman–Crippen MR) is 116 cm³/mol. The Balaban J connectivity index is 1.53. The lowest BCUT2D eigenvalue weighted by atomic mass is 9.95. The molecule has 0 aliphatic carbocycles. The van der Waals surface area contributed by atoms with E-state index in [2.05, 4.69) is 5.32 Å². The summed E-state index contributed by atoms with van der Waals surface area (Å²) in [6, 6.07) is 11.8. The van der Waals surface area contributed by atoms with Crippen LogP contribution in [0.4, 0.5) is 5.69 Å². The Morgan fingerprint density at radius 3 is 2.48 bits per heavy atom. The Morgan fingerprint density at radius 2 is 1.71 bits per heavy atom. The highest BCUT2D eigenvalue weighted by Gasteiger charge is 2.41. The van der Waals surface area contributed by atoms with Crippen LogP contribution in [0.1, 0.15) is 36.0 Å². The predicted octanol–water partition coefficient (Wildman–Crippen LogP) is 2.31. The Bertz CT molecular complexity index is 1160. The standard InChI is InChI=1S/C23H25N3O4S/c27-22-10-7-17-13-19(8-9-20(17)24-22)31(29,30)26-15-18-6-2-1-5-16(18)14-21(26)23(28)25-11-3-4-12-25/h1-2,5-6,8-9,13,21H,3-4,7,10-12,14-15H2,(H,24,27). The van der Waals surface area contributed by atoms with Gasteiger partial charge in [0.15, 0.2) is 0 Å². The van der Waals surface area contributed by atoms with Crippen molar-refractivity contribution in [2.24, 2.45) is 0 Å². The molecule has 7 nitrogen and oxygen atoms in total. The van der Waals surface area contributed by atoms with Crippen molar-refractivity contribution in [1.82, 2.24) is 9.21 Å². The first kappa shape index (κ1) is 20.2. The average Bonchev–Trinajstić information content (AvgIpc) is 3.32. The second-order valence-electron chi connectivity index (χ2n) is 8.44. The first-order valence-electron chi connectivity index (χ1n) is 10.7. The molecule has 0 spiro atoms. The molecule has 1 saturated heterocycles. The Hall–Kier alpha value is -2.71. The van der Waals surface area contributed by atoms with Gasteiger partial charge in [-0.3, -0.25) is 9.59 Å². The van der Waals surface area contributed by atoms with Crippen LogP contribution in [-0.4, -0.2) is 48.6 Å². The second kappa shape index (κ2) is 7.76. The first-order chi connectivity index (χ1) is 14.9. The lowest BCUT2D eigenvalue weighted by Crippen LogP contribution is -2.53. The lowest BCUT2D eigenvalue weighted by molar-refractivity contribution is -0.134. The third kappa shape index (κ3) is 3.64. The fourth-order valence-electron chi connectivity index (χ4n) is 4.77. The number of nitrogens with zero attached hydrogens (tertiary/aromatic N) is 2. The normalized spacial score (nSPS) is 21.4. The highest BCUT2D eigenvalue weighted by Crippen LogP contribution is 2.33. The van der Waals surface area contributed by atoms with Gasteiger partial charge in [-0.05, 0) is 60.6 Å². The van der Waals surface area contributed by atoms with Gasteiger partial charge in [0, 0.05) is 31.7 Å². The maximum absolute atomic E-state index is 13.7. The molecule has 2 aromatic rings. The molecular weight excluding hydrogens is 414 g/mol. The van der Waals surface area contributed by atoms with E-state index >= 15 is 0 Å². The lowest BCUT2D eigenvalue weighted by Gasteiger charge is -2.37. The van der Waals surface area contributed by atoms with Crippen molar-refractivity contribution in [2.45, 2.75) is 49.6 Å². The third-order valence-corrected chi connectivity index (χ3v) is 8.34. The molecule has 0 bridgehead atoms. The summed E-state index contributed by atoms with van der Waals surface area (Å²) in [5.41, 5.74) is 3.42. The number of likely N-dealkylation sites (tertiary alicyclic amines) is 1. The summed E-state index contributed by atoms with van der Waals surface area (Å²) in [5.74, 6) is -0.173. The number of aryl methyl sites for hydroxylation is 1.